The van der Waals surface area contributed by atoms with Crippen LogP contribution in [0, 0.1) is 0 Å². The topological polar surface area (TPSA) is 41.5 Å². The summed E-state index contributed by atoms with van der Waals surface area (Å²) < 4.78 is 5.40. The Labute approximate surface area is 133 Å². The van der Waals surface area contributed by atoms with Gasteiger partial charge in [-0.1, -0.05) is 12.1 Å². The Morgan fingerprint density at radius 3 is 2.33 bits per heavy atom. The van der Waals surface area contributed by atoms with Gasteiger partial charge in [0.2, 0.25) is 0 Å². The lowest BCUT2D eigenvalue weighted by atomic mass is 10.1. The van der Waals surface area contributed by atoms with E-state index in [0.29, 0.717) is 12.4 Å². The van der Waals surface area contributed by atoms with Crippen molar-refractivity contribution < 1.29 is 9.84 Å². The molecular weight excluding hydrogens is 282 g/mol. The van der Waals surface area contributed by atoms with E-state index in [-0.39, 0.29) is 11.6 Å². The first-order valence-electron chi connectivity index (χ1n) is 7.53. The van der Waals surface area contributed by atoms with Crippen molar-refractivity contribution in [3.8, 4) is 0 Å². The van der Waals surface area contributed by atoms with Gasteiger partial charge in [-0.15, -0.1) is 11.8 Å². The maximum absolute atomic E-state index is 9.83. The van der Waals surface area contributed by atoms with Crippen molar-refractivity contribution in [2.45, 2.75) is 63.8 Å². The van der Waals surface area contributed by atoms with Gasteiger partial charge in [0.15, 0.2) is 0 Å². The average Bonchev–Trinajstić information content (AvgIpc) is 2.41. The van der Waals surface area contributed by atoms with Crippen molar-refractivity contribution in [3.05, 3.63) is 29.8 Å². The summed E-state index contributed by atoms with van der Waals surface area (Å²) >= 11 is 1.66. The lowest BCUT2D eigenvalue weighted by Gasteiger charge is -2.20. The first-order chi connectivity index (χ1) is 9.76. The van der Waals surface area contributed by atoms with E-state index in [1.807, 2.05) is 13.8 Å². The smallest absolute Gasteiger partial charge is 0.0867 e. The van der Waals surface area contributed by atoms with Gasteiger partial charge in [0, 0.05) is 22.7 Å². The van der Waals surface area contributed by atoms with E-state index < -0.39 is 6.10 Å². The molecule has 0 fully saturated rings. The number of hydrogen-bond acceptors (Lipinski definition) is 4. The molecule has 0 amide bonds. The summed E-state index contributed by atoms with van der Waals surface area (Å²) in [6.07, 6.45) is -0.251. The second-order valence-electron chi connectivity index (χ2n) is 6.59. The van der Waals surface area contributed by atoms with Crippen molar-refractivity contribution in [2.75, 3.05) is 12.4 Å². The normalized spacial score (nSPS) is 13.7. The molecule has 0 aliphatic heterocycles. The number of thioether (sulfide) groups is 1. The van der Waals surface area contributed by atoms with Crippen LogP contribution in [-0.4, -0.2) is 35.2 Å². The third kappa shape index (κ3) is 9.14. The predicted octanol–water partition coefficient (Wildman–Crippen LogP) is 3.45. The summed E-state index contributed by atoms with van der Waals surface area (Å²) in [6, 6.07) is 8.50. The Bertz CT molecular complexity index is 398. The minimum absolute atomic E-state index is 0.133. The molecule has 120 valence electrons. The van der Waals surface area contributed by atoms with Crippen molar-refractivity contribution in [3.63, 3.8) is 0 Å². The molecule has 0 radical (unpaired) electrons. The van der Waals surface area contributed by atoms with Crippen molar-refractivity contribution in [1.29, 1.82) is 0 Å². The maximum atomic E-state index is 9.83. The SMILES string of the molecule is CC(C)OCC(O)CSc1ccc(CNC(C)(C)C)cc1. The molecule has 0 heterocycles. The molecule has 3 nitrogen and oxygen atoms in total. The summed E-state index contributed by atoms with van der Waals surface area (Å²) in [6.45, 7) is 11.7. The Morgan fingerprint density at radius 1 is 1.19 bits per heavy atom. The highest BCUT2D eigenvalue weighted by molar-refractivity contribution is 7.99. The Balaban J connectivity index is 2.34. The molecule has 0 aliphatic carbocycles. The fourth-order valence-corrected chi connectivity index (χ4v) is 2.42. The van der Waals surface area contributed by atoms with Gasteiger partial charge in [-0.3, -0.25) is 0 Å². The largest absolute Gasteiger partial charge is 0.390 e. The highest BCUT2D eigenvalue weighted by atomic mass is 32.2. The first-order valence-corrected chi connectivity index (χ1v) is 8.51. The predicted molar refractivity (Wildman–Crippen MR) is 90.9 cm³/mol. The molecule has 0 aliphatic rings. The summed E-state index contributed by atoms with van der Waals surface area (Å²) in [5, 5.41) is 13.3. The monoisotopic (exact) mass is 311 g/mol. The Morgan fingerprint density at radius 2 is 1.81 bits per heavy atom. The van der Waals surface area contributed by atoms with Gasteiger partial charge >= 0.3 is 0 Å². The lowest BCUT2D eigenvalue weighted by Crippen LogP contribution is -2.35. The molecule has 1 aromatic carbocycles. The lowest BCUT2D eigenvalue weighted by molar-refractivity contribution is 0.0152. The van der Waals surface area contributed by atoms with Gasteiger partial charge < -0.3 is 15.2 Å². The van der Waals surface area contributed by atoms with Gasteiger partial charge in [0.05, 0.1) is 18.8 Å². The van der Waals surface area contributed by atoms with Crippen molar-refractivity contribution >= 4 is 11.8 Å². The summed E-state index contributed by atoms with van der Waals surface area (Å²) in [5.74, 6) is 0.659. The van der Waals surface area contributed by atoms with E-state index in [1.165, 1.54) is 10.5 Å². The minimum Gasteiger partial charge on any atom is -0.390 e. The number of aliphatic hydroxyl groups is 1. The van der Waals surface area contributed by atoms with Crippen molar-refractivity contribution in [2.24, 2.45) is 0 Å². The summed E-state index contributed by atoms with van der Waals surface area (Å²) in [5.41, 5.74) is 1.41. The zero-order chi connectivity index (χ0) is 15.9. The van der Waals surface area contributed by atoms with Crippen LogP contribution in [-0.2, 0) is 11.3 Å². The van der Waals surface area contributed by atoms with Gasteiger partial charge in [-0.2, -0.15) is 0 Å². The number of hydrogen-bond donors (Lipinski definition) is 2. The second kappa shape index (κ2) is 8.79. The molecule has 0 spiro atoms. The van der Waals surface area contributed by atoms with E-state index in [9.17, 15) is 5.11 Å². The molecule has 21 heavy (non-hydrogen) atoms. The molecule has 2 N–H and O–H groups in total. The van der Waals surface area contributed by atoms with Gasteiger partial charge in [-0.05, 0) is 52.3 Å². The molecule has 4 heteroatoms. The number of ether oxygens (including phenoxy) is 1. The molecule has 0 saturated carbocycles. The van der Waals surface area contributed by atoms with E-state index in [4.69, 9.17) is 4.74 Å². The Kier molecular flexibility index (Phi) is 7.74. The molecule has 1 aromatic rings. The fourth-order valence-electron chi connectivity index (χ4n) is 1.61. The molecule has 1 rings (SSSR count). The van der Waals surface area contributed by atoms with Crippen LogP contribution in [0.3, 0.4) is 0 Å². The molecule has 0 aromatic heterocycles. The number of aliphatic hydroxyl groups excluding tert-OH is 1. The summed E-state index contributed by atoms with van der Waals surface area (Å²) in [4.78, 5) is 1.18. The van der Waals surface area contributed by atoms with Crippen LogP contribution in [0.1, 0.15) is 40.2 Å². The van der Waals surface area contributed by atoms with Crippen LogP contribution in [0.25, 0.3) is 0 Å². The Hall–Kier alpha value is -0.550. The fraction of sp³-hybridized carbons (Fsp3) is 0.647. The van der Waals surface area contributed by atoms with E-state index in [1.54, 1.807) is 11.8 Å². The minimum atomic E-state index is -0.417. The van der Waals surface area contributed by atoms with Crippen LogP contribution in [0.4, 0.5) is 0 Å². The molecule has 1 unspecified atom stereocenters. The molecular formula is C17H29NO2S. The van der Waals surface area contributed by atoms with Crippen LogP contribution < -0.4 is 5.32 Å². The average molecular weight is 311 g/mol. The van der Waals surface area contributed by atoms with Gasteiger partial charge in [0.25, 0.3) is 0 Å². The van der Waals surface area contributed by atoms with E-state index >= 15 is 0 Å². The maximum Gasteiger partial charge on any atom is 0.0867 e. The van der Waals surface area contributed by atoms with Gasteiger partial charge in [0.1, 0.15) is 0 Å². The third-order valence-electron chi connectivity index (χ3n) is 2.81. The van der Waals surface area contributed by atoms with Gasteiger partial charge in [-0.25, -0.2) is 0 Å². The zero-order valence-corrected chi connectivity index (χ0v) is 14.7. The van der Waals surface area contributed by atoms with Crippen LogP contribution in [0.2, 0.25) is 0 Å². The molecule has 0 bridgehead atoms. The number of benzene rings is 1. The standard InChI is InChI=1S/C17H29NO2S/c1-13(2)20-11-15(19)12-21-16-8-6-14(7-9-16)10-18-17(3,4)5/h6-9,13,15,18-19H,10-12H2,1-5H3. The van der Waals surface area contributed by atoms with Crippen LogP contribution in [0.5, 0.6) is 0 Å². The third-order valence-corrected chi connectivity index (χ3v) is 3.97. The molecule has 0 saturated heterocycles. The summed E-state index contributed by atoms with van der Waals surface area (Å²) in [7, 11) is 0. The quantitative estimate of drug-likeness (QED) is 0.722. The van der Waals surface area contributed by atoms with E-state index in [0.717, 1.165) is 6.54 Å². The highest BCUT2D eigenvalue weighted by Gasteiger charge is 2.09. The molecule has 1 atom stereocenters. The number of nitrogens with one attached hydrogen (secondary N) is 1. The first kappa shape index (κ1) is 18.5. The highest BCUT2D eigenvalue weighted by Crippen LogP contribution is 2.19. The van der Waals surface area contributed by atoms with E-state index in [2.05, 4.69) is 50.4 Å². The number of rotatable bonds is 8. The second-order valence-corrected chi connectivity index (χ2v) is 7.69. The van der Waals surface area contributed by atoms with Crippen LogP contribution in [0.15, 0.2) is 29.2 Å². The van der Waals surface area contributed by atoms with Crippen LogP contribution >= 0.6 is 11.8 Å². The van der Waals surface area contributed by atoms with Crippen molar-refractivity contribution in [1.82, 2.24) is 5.32 Å². The zero-order valence-electron chi connectivity index (χ0n) is 13.8.